The molecular weight excluding hydrogens is 222 g/mol. The molecule has 94 valence electrons. The lowest BCUT2D eigenvalue weighted by Gasteiger charge is -2.27. The predicted octanol–water partition coefficient (Wildman–Crippen LogP) is 2.69. The predicted molar refractivity (Wildman–Crippen MR) is 73.2 cm³/mol. The minimum absolute atomic E-state index is 0.0859. The summed E-state index contributed by atoms with van der Waals surface area (Å²) in [6.45, 7) is 3.40. The van der Waals surface area contributed by atoms with Crippen LogP contribution in [0.2, 0.25) is 0 Å². The first-order valence-corrected chi connectivity index (χ1v) is 6.53. The molecule has 1 aromatic carbocycles. The molecule has 3 rings (SSSR count). The number of hydrogen-bond donors (Lipinski definition) is 1. The van der Waals surface area contributed by atoms with Crippen LogP contribution in [0.15, 0.2) is 36.7 Å². The van der Waals surface area contributed by atoms with Crippen molar-refractivity contribution < 1.29 is 0 Å². The summed E-state index contributed by atoms with van der Waals surface area (Å²) in [6.07, 6.45) is 6.28. The third kappa shape index (κ3) is 1.75. The van der Waals surface area contributed by atoms with Gasteiger partial charge in [-0.1, -0.05) is 24.3 Å². The summed E-state index contributed by atoms with van der Waals surface area (Å²) in [7, 11) is 2.05. The molecular formula is C15H19N3. The molecule has 1 fully saturated rings. The van der Waals surface area contributed by atoms with Gasteiger partial charge in [0.1, 0.15) is 5.82 Å². The highest BCUT2D eigenvalue weighted by molar-refractivity contribution is 5.62. The second-order valence-electron chi connectivity index (χ2n) is 5.27. The van der Waals surface area contributed by atoms with E-state index in [1.807, 2.05) is 19.4 Å². The van der Waals surface area contributed by atoms with Crippen LogP contribution < -0.4 is 5.32 Å². The summed E-state index contributed by atoms with van der Waals surface area (Å²) < 4.78 is 2.08. The van der Waals surface area contributed by atoms with Crippen LogP contribution in [0.1, 0.15) is 25.3 Å². The van der Waals surface area contributed by atoms with Crippen LogP contribution in [-0.2, 0) is 12.6 Å². The standard InChI is InChI=1S/C15H19N3/c1-15(8-5-9-17-15)13-7-4-3-6-12(13)14-16-10-11-18(14)2/h3-4,6-7,10-11,17H,5,8-9H2,1-2H3. The van der Waals surface area contributed by atoms with E-state index in [0.29, 0.717) is 0 Å². The van der Waals surface area contributed by atoms with Gasteiger partial charge in [-0.25, -0.2) is 4.98 Å². The fraction of sp³-hybridized carbons (Fsp3) is 0.400. The second-order valence-corrected chi connectivity index (χ2v) is 5.27. The SMILES string of the molecule is Cn1ccnc1-c1ccccc1C1(C)CCCN1. The molecule has 1 aliphatic heterocycles. The molecule has 0 amide bonds. The van der Waals surface area contributed by atoms with Crippen LogP contribution in [0.25, 0.3) is 11.4 Å². The summed E-state index contributed by atoms with van der Waals surface area (Å²) in [6, 6.07) is 8.60. The third-order valence-electron chi connectivity index (χ3n) is 3.95. The monoisotopic (exact) mass is 241 g/mol. The number of benzene rings is 1. The average Bonchev–Trinajstić information content (AvgIpc) is 2.99. The lowest BCUT2D eigenvalue weighted by atomic mass is 9.86. The van der Waals surface area contributed by atoms with Crippen LogP contribution >= 0.6 is 0 Å². The van der Waals surface area contributed by atoms with Gasteiger partial charge in [-0.15, -0.1) is 0 Å². The number of nitrogens with one attached hydrogen (secondary N) is 1. The van der Waals surface area contributed by atoms with E-state index in [0.717, 1.165) is 12.4 Å². The molecule has 1 saturated heterocycles. The first kappa shape index (κ1) is 11.5. The molecule has 1 aliphatic rings. The molecule has 0 spiro atoms. The van der Waals surface area contributed by atoms with E-state index in [2.05, 4.69) is 46.1 Å². The number of rotatable bonds is 2. The van der Waals surface area contributed by atoms with Gasteiger partial charge in [-0.05, 0) is 31.9 Å². The fourth-order valence-electron chi connectivity index (χ4n) is 2.91. The van der Waals surface area contributed by atoms with E-state index in [9.17, 15) is 0 Å². The van der Waals surface area contributed by atoms with Gasteiger partial charge < -0.3 is 9.88 Å². The molecule has 1 aromatic heterocycles. The van der Waals surface area contributed by atoms with Crippen molar-refractivity contribution in [2.24, 2.45) is 7.05 Å². The van der Waals surface area contributed by atoms with Crippen molar-refractivity contribution in [2.45, 2.75) is 25.3 Å². The maximum atomic E-state index is 4.48. The first-order valence-electron chi connectivity index (χ1n) is 6.53. The molecule has 3 heteroatoms. The van der Waals surface area contributed by atoms with E-state index in [1.165, 1.54) is 24.0 Å². The van der Waals surface area contributed by atoms with Gasteiger partial charge in [0.15, 0.2) is 0 Å². The Morgan fingerprint density at radius 2 is 2.17 bits per heavy atom. The molecule has 0 saturated carbocycles. The van der Waals surface area contributed by atoms with Gasteiger partial charge in [0.25, 0.3) is 0 Å². The zero-order chi connectivity index (χ0) is 12.6. The van der Waals surface area contributed by atoms with Crippen molar-refractivity contribution >= 4 is 0 Å². The van der Waals surface area contributed by atoms with Gasteiger partial charge in [0, 0.05) is 30.5 Å². The van der Waals surface area contributed by atoms with Crippen molar-refractivity contribution in [2.75, 3.05) is 6.54 Å². The zero-order valence-electron chi connectivity index (χ0n) is 11.0. The van der Waals surface area contributed by atoms with Crippen LogP contribution in [0.3, 0.4) is 0 Å². The summed E-state index contributed by atoms with van der Waals surface area (Å²) in [5.41, 5.74) is 2.68. The largest absolute Gasteiger partial charge is 0.334 e. The van der Waals surface area contributed by atoms with Crippen molar-refractivity contribution in [3.63, 3.8) is 0 Å². The van der Waals surface area contributed by atoms with E-state index in [4.69, 9.17) is 0 Å². The normalized spacial score (nSPS) is 23.4. The van der Waals surface area contributed by atoms with Crippen molar-refractivity contribution in [1.82, 2.24) is 14.9 Å². The molecule has 0 bridgehead atoms. The molecule has 1 atom stereocenters. The molecule has 0 radical (unpaired) electrons. The van der Waals surface area contributed by atoms with Gasteiger partial charge in [0.05, 0.1) is 0 Å². The fourth-order valence-corrected chi connectivity index (χ4v) is 2.91. The lowest BCUT2D eigenvalue weighted by Crippen LogP contribution is -2.33. The van der Waals surface area contributed by atoms with Gasteiger partial charge in [-0.3, -0.25) is 0 Å². The Labute approximate surface area is 108 Å². The van der Waals surface area contributed by atoms with Gasteiger partial charge in [-0.2, -0.15) is 0 Å². The minimum atomic E-state index is 0.0859. The van der Waals surface area contributed by atoms with Gasteiger partial charge in [0.2, 0.25) is 0 Å². The third-order valence-corrected chi connectivity index (χ3v) is 3.95. The van der Waals surface area contributed by atoms with Crippen LogP contribution in [0.5, 0.6) is 0 Å². The maximum absolute atomic E-state index is 4.48. The summed E-state index contributed by atoms with van der Waals surface area (Å²) in [5.74, 6) is 1.04. The zero-order valence-corrected chi connectivity index (χ0v) is 11.0. The minimum Gasteiger partial charge on any atom is -0.334 e. The smallest absolute Gasteiger partial charge is 0.139 e. The van der Waals surface area contributed by atoms with Crippen LogP contribution in [0.4, 0.5) is 0 Å². The molecule has 18 heavy (non-hydrogen) atoms. The molecule has 0 aliphatic carbocycles. The first-order chi connectivity index (χ1) is 8.71. The number of aryl methyl sites for hydroxylation is 1. The second kappa shape index (κ2) is 4.25. The average molecular weight is 241 g/mol. The number of aromatic nitrogens is 2. The van der Waals surface area contributed by atoms with Crippen LogP contribution in [-0.4, -0.2) is 16.1 Å². The lowest BCUT2D eigenvalue weighted by molar-refractivity contribution is 0.435. The molecule has 1 unspecified atom stereocenters. The summed E-state index contributed by atoms with van der Waals surface area (Å²) in [5, 5.41) is 3.63. The maximum Gasteiger partial charge on any atom is 0.139 e. The molecule has 1 N–H and O–H groups in total. The Balaban J connectivity index is 2.14. The molecule has 2 heterocycles. The van der Waals surface area contributed by atoms with E-state index in [-0.39, 0.29) is 5.54 Å². The highest BCUT2D eigenvalue weighted by Gasteiger charge is 2.32. The van der Waals surface area contributed by atoms with Crippen molar-refractivity contribution in [3.8, 4) is 11.4 Å². The Morgan fingerprint density at radius 1 is 1.33 bits per heavy atom. The van der Waals surface area contributed by atoms with Gasteiger partial charge >= 0.3 is 0 Å². The Morgan fingerprint density at radius 3 is 2.83 bits per heavy atom. The van der Waals surface area contributed by atoms with Crippen molar-refractivity contribution in [1.29, 1.82) is 0 Å². The summed E-state index contributed by atoms with van der Waals surface area (Å²) in [4.78, 5) is 4.48. The Hall–Kier alpha value is -1.61. The molecule has 3 nitrogen and oxygen atoms in total. The number of nitrogens with zero attached hydrogens (tertiary/aromatic N) is 2. The van der Waals surface area contributed by atoms with Crippen molar-refractivity contribution in [3.05, 3.63) is 42.2 Å². The number of imidazole rings is 1. The number of hydrogen-bond acceptors (Lipinski definition) is 2. The highest BCUT2D eigenvalue weighted by atomic mass is 15.0. The van der Waals surface area contributed by atoms with E-state index >= 15 is 0 Å². The summed E-state index contributed by atoms with van der Waals surface area (Å²) >= 11 is 0. The van der Waals surface area contributed by atoms with E-state index in [1.54, 1.807) is 0 Å². The van der Waals surface area contributed by atoms with E-state index < -0.39 is 0 Å². The Kier molecular flexibility index (Phi) is 2.71. The highest BCUT2D eigenvalue weighted by Crippen LogP contribution is 2.36. The van der Waals surface area contributed by atoms with Crippen LogP contribution in [0, 0.1) is 0 Å². The topological polar surface area (TPSA) is 29.9 Å². The molecule has 2 aromatic rings. The Bertz CT molecular complexity index is 550. The quantitative estimate of drug-likeness (QED) is 0.876.